The molecule has 1 aliphatic carbocycles. The fourth-order valence-corrected chi connectivity index (χ4v) is 6.08. The van der Waals surface area contributed by atoms with E-state index < -0.39 is 11.0 Å². The second kappa shape index (κ2) is 7.76. The minimum Gasteiger partial charge on any atom is -0.490 e. The summed E-state index contributed by atoms with van der Waals surface area (Å²) < 4.78 is 6.51. The third-order valence-electron chi connectivity index (χ3n) is 6.78. The van der Waals surface area contributed by atoms with Crippen LogP contribution in [0.2, 0.25) is 0 Å². The van der Waals surface area contributed by atoms with Gasteiger partial charge in [0, 0.05) is 46.6 Å². The number of amides is 1. The second-order valence-corrected chi connectivity index (χ2v) is 11.0. The van der Waals surface area contributed by atoms with Crippen LogP contribution in [0.4, 0.5) is 0 Å². The van der Waals surface area contributed by atoms with Crippen molar-refractivity contribution in [2.75, 3.05) is 5.75 Å². The Morgan fingerprint density at radius 3 is 2.69 bits per heavy atom. The predicted molar refractivity (Wildman–Crippen MR) is 126 cm³/mol. The van der Waals surface area contributed by atoms with Crippen molar-refractivity contribution in [3.8, 4) is 16.9 Å². The molecule has 32 heavy (non-hydrogen) atoms. The van der Waals surface area contributed by atoms with E-state index in [1.807, 2.05) is 39.2 Å². The van der Waals surface area contributed by atoms with Crippen molar-refractivity contribution < 1.29 is 9.53 Å². The minimum atomic E-state index is -0.455. The van der Waals surface area contributed by atoms with Gasteiger partial charge >= 0.3 is 0 Å². The molecule has 2 aliphatic heterocycles. The van der Waals surface area contributed by atoms with E-state index in [-0.39, 0.29) is 24.0 Å². The largest absolute Gasteiger partial charge is 0.490 e. The third kappa shape index (κ3) is 3.64. The number of hydrogen-bond donors (Lipinski definition) is 2. The average molecular weight is 452 g/mol. The standard InChI is InChI=1S/C24H29N5O2S/c1-23(2,3)21(30)28-16-5-7-20-18(9-16)24(12-32-22(25)29-24)17-8-14(4-6-19(17)31-20)15-10-26-13-27-11-15/h4,6,8,10-11,13,16,18,20H,5,7,9,12H2,1-3H3,(H2,25,29)(H,28,30). The van der Waals surface area contributed by atoms with Crippen molar-refractivity contribution in [3.63, 3.8) is 0 Å². The molecule has 8 heteroatoms. The Balaban J connectivity index is 1.52. The molecular weight excluding hydrogens is 422 g/mol. The van der Waals surface area contributed by atoms with E-state index in [0.29, 0.717) is 5.17 Å². The van der Waals surface area contributed by atoms with Gasteiger partial charge in [0.15, 0.2) is 5.17 Å². The highest BCUT2D eigenvalue weighted by atomic mass is 32.2. The molecule has 4 unspecified atom stereocenters. The highest BCUT2D eigenvalue weighted by molar-refractivity contribution is 8.14. The van der Waals surface area contributed by atoms with Crippen molar-refractivity contribution >= 4 is 22.8 Å². The van der Waals surface area contributed by atoms with Gasteiger partial charge in [0.2, 0.25) is 5.91 Å². The summed E-state index contributed by atoms with van der Waals surface area (Å²) in [5.41, 5.74) is 8.41. The van der Waals surface area contributed by atoms with Crippen LogP contribution in [0, 0.1) is 11.3 Å². The van der Waals surface area contributed by atoms with Gasteiger partial charge in [-0.2, -0.15) is 0 Å². The predicted octanol–water partition coefficient (Wildman–Crippen LogP) is 3.49. The zero-order valence-electron chi connectivity index (χ0n) is 18.7. The van der Waals surface area contributed by atoms with Crippen LogP contribution in [0.5, 0.6) is 5.75 Å². The Kier molecular flexibility index (Phi) is 5.15. The molecule has 1 aromatic carbocycles. The van der Waals surface area contributed by atoms with Crippen molar-refractivity contribution in [3.05, 3.63) is 42.5 Å². The molecule has 1 saturated carbocycles. The molecule has 2 aromatic rings. The van der Waals surface area contributed by atoms with Gasteiger partial charge in [0.05, 0.1) is 0 Å². The topological polar surface area (TPSA) is 102 Å². The summed E-state index contributed by atoms with van der Waals surface area (Å²) in [7, 11) is 0. The SMILES string of the molecule is CC(C)(C)C(=O)NC1CCC2Oc3ccc(-c4cncnc4)cc3C3(CSC(N)=N3)C2C1. The Morgan fingerprint density at radius 2 is 2.00 bits per heavy atom. The van der Waals surface area contributed by atoms with E-state index >= 15 is 0 Å². The van der Waals surface area contributed by atoms with E-state index in [1.165, 1.54) is 6.33 Å². The first-order valence-corrected chi connectivity index (χ1v) is 12.1. The molecule has 1 aromatic heterocycles. The van der Waals surface area contributed by atoms with Crippen LogP contribution in [-0.2, 0) is 10.3 Å². The number of hydrogen-bond acceptors (Lipinski definition) is 7. The van der Waals surface area contributed by atoms with Crippen molar-refractivity contribution in [1.82, 2.24) is 15.3 Å². The monoisotopic (exact) mass is 451 g/mol. The number of ether oxygens (including phenoxy) is 1. The zero-order valence-corrected chi connectivity index (χ0v) is 19.5. The molecule has 1 amide bonds. The van der Waals surface area contributed by atoms with Gasteiger partial charge in [-0.1, -0.05) is 38.6 Å². The van der Waals surface area contributed by atoms with Gasteiger partial charge in [-0.25, -0.2) is 15.0 Å². The molecule has 0 radical (unpaired) electrons. The summed E-state index contributed by atoms with van der Waals surface area (Å²) in [5, 5.41) is 3.89. The maximum absolute atomic E-state index is 12.7. The summed E-state index contributed by atoms with van der Waals surface area (Å²) in [4.78, 5) is 26.0. The number of benzene rings is 1. The quantitative estimate of drug-likeness (QED) is 0.725. The normalized spacial score (nSPS) is 29.0. The highest BCUT2D eigenvalue weighted by Crippen LogP contribution is 2.54. The molecular formula is C24H29N5O2S. The smallest absolute Gasteiger partial charge is 0.225 e. The lowest BCUT2D eigenvalue weighted by atomic mass is 9.67. The number of nitrogens with zero attached hydrogens (tertiary/aromatic N) is 3. The van der Waals surface area contributed by atoms with Crippen LogP contribution in [-0.4, -0.2) is 38.9 Å². The molecule has 0 bridgehead atoms. The van der Waals surface area contributed by atoms with Crippen molar-refractivity contribution in [2.24, 2.45) is 22.1 Å². The zero-order chi connectivity index (χ0) is 22.5. The van der Waals surface area contributed by atoms with E-state index in [9.17, 15) is 4.79 Å². The number of fused-ring (bicyclic) bond motifs is 4. The molecule has 7 nitrogen and oxygen atoms in total. The van der Waals surface area contributed by atoms with Gasteiger partial charge in [-0.3, -0.25) is 4.79 Å². The van der Waals surface area contributed by atoms with Crippen molar-refractivity contribution in [1.29, 1.82) is 0 Å². The van der Waals surface area contributed by atoms with Crippen LogP contribution in [0.25, 0.3) is 11.1 Å². The number of thioether (sulfide) groups is 1. The van der Waals surface area contributed by atoms with Gasteiger partial charge in [0.1, 0.15) is 23.7 Å². The molecule has 3 aliphatic rings. The summed E-state index contributed by atoms with van der Waals surface area (Å²) in [6, 6.07) is 6.36. The Hall–Kier alpha value is -2.61. The molecule has 4 atom stereocenters. The number of aliphatic imine (C=N–C) groups is 1. The maximum Gasteiger partial charge on any atom is 0.225 e. The number of aromatic nitrogens is 2. The summed E-state index contributed by atoms with van der Waals surface area (Å²) in [6.07, 6.45) is 7.83. The van der Waals surface area contributed by atoms with Crippen molar-refractivity contribution in [2.45, 2.75) is 57.7 Å². The van der Waals surface area contributed by atoms with Gasteiger partial charge < -0.3 is 15.8 Å². The van der Waals surface area contributed by atoms with Crippen LogP contribution in [0.15, 0.2) is 41.9 Å². The Labute approximate surface area is 192 Å². The number of rotatable bonds is 2. The van der Waals surface area contributed by atoms with Gasteiger partial charge in [-0.15, -0.1) is 0 Å². The summed E-state index contributed by atoms with van der Waals surface area (Å²) >= 11 is 1.60. The average Bonchev–Trinajstić information content (AvgIpc) is 3.16. The molecule has 3 heterocycles. The number of nitrogens with one attached hydrogen (secondary N) is 1. The number of amidine groups is 1. The van der Waals surface area contributed by atoms with Gasteiger partial charge in [0.25, 0.3) is 0 Å². The van der Waals surface area contributed by atoms with E-state index in [1.54, 1.807) is 11.8 Å². The fourth-order valence-electron chi connectivity index (χ4n) is 5.05. The Morgan fingerprint density at radius 1 is 1.22 bits per heavy atom. The molecule has 1 spiro atoms. The van der Waals surface area contributed by atoms with Crippen LogP contribution in [0.3, 0.4) is 0 Å². The molecule has 1 fully saturated rings. The lowest BCUT2D eigenvalue weighted by Gasteiger charge is -2.49. The third-order valence-corrected chi connectivity index (χ3v) is 7.76. The maximum atomic E-state index is 12.7. The lowest BCUT2D eigenvalue weighted by molar-refractivity contribution is -0.130. The van der Waals surface area contributed by atoms with Crippen LogP contribution < -0.4 is 15.8 Å². The molecule has 0 saturated heterocycles. The lowest BCUT2D eigenvalue weighted by Crippen LogP contribution is -2.55. The Bertz CT molecular complexity index is 1070. The van der Waals surface area contributed by atoms with Gasteiger partial charge in [-0.05, 0) is 37.0 Å². The highest BCUT2D eigenvalue weighted by Gasteiger charge is 2.54. The summed E-state index contributed by atoms with van der Waals surface area (Å²) in [5.74, 6) is 1.89. The first-order valence-electron chi connectivity index (χ1n) is 11.1. The minimum absolute atomic E-state index is 0.0615. The fraction of sp³-hybridized carbons (Fsp3) is 0.500. The second-order valence-electron chi connectivity index (χ2n) is 10.00. The van der Waals surface area contributed by atoms with E-state index in [2.05, 4.69) is 27.4 Å². The molecule has 168 valence electrons. The van der Waals surface area contributed by atoms with E-state index in [0.717, 1.165) is 47.5 Å². The van der Waals surface area contributed by atoms with Crippen LogP contribution in [0.1, 0.15) is 45.6 Å². The van der Waals surface area contributed by atoms with E-state index in [4.69, 9.17) is 15.5 Å². The molecule has 3 N–H and O–H groups in total. The number of nitrogens with two attached hydrogens (primary N) is 1. The molecule has 5 rings (SSSR count). The summed E-state index contributed by atoms with van der Waals surface area (Å²) in [6.45, 7) is 5.84. The number of carbonyl (C=O) groups is 1. The van der Waals surface area contributed by atoms with Crippen LogP contribution >= 0.6 is 11.8 Å². The first kappa shape index (κ1) is 21.2. The number of carbonyl (C=O) groups excluding carboxylic acids is 1. The first-order chi connectivity index (χ1) is 15.3.